The van der Waals surface area contributed by atoms with E-state index >= 15 is 0 Å². The van der Waals surface area contributed by atoms with E-state index in [1.807, 2.05) is 0 Å². The molecule has 0 radical (unpaired) electrons. The lowest BCUT2D eigenvalue weighted by atomic mass is 9.79. The van der Waals surface area contributed by atoms with Crippen molar-refractivity contribution >= 4 is 0 Å². The third-order valence-corrected chi connectivity index (χ3v) is 6.32. The lowest BCUT2D eigenvalue weighted by molar-refractivity contribution is 0.0501. The molecule has 3 fully saturated rings. The van der Waals surface area contributed by atoms with E-state index in [1.54, 1.807) is 0 Å². The summed E-state index contributed by atoms with van der Waals surface area (Å²) in [6.07, 6.45) is 16.0. The molecule has 1 heterocycles. The lowest BCUT2D eigenvalue weighted by Crippen LogP contribution is -2.64. The first-order valence-electron chi connectivity index (χ1n) is 9.30. The molecule has 0 aromatic carbocycles. The number of nitrogens with zero attached hydrogens (tertiary/aromatic N) is 1. The molecular formula is C18H34N2. The fourth-order valence-electron chi connectivity index (χ4n) is 4.91. The van der Waals surface area contributed by atoms with Crippen LogP contribution in [0.2, 0.25) is 0 Å². The van der Waals surface area contributed by atoms with Gasteiger partial charge < -0.3 is 5.32 Å². The van der Waals surface area contributed by atoms with Gasteiger partial charge >= 0.3 is 0 Å². The second-order valence-electron chi connectivity index (χ2n) is 7.69. The molecule has 0 bridgehead atoms. The summed E-state index contributed by atoms with van der Waals surface area (Å²) in [5.41, 5.74) is 0.486. The summed E-state index contributed by atoms with van der Waals surface area (Å²) in [5, 5.41) is 3.95. The van der Waals surface area contributed by atoms with Gasteiger partial charge in [-0.05, 0) is 38.1 Å². The lowest BCUT2D eigenvalue weighted by Gasteiger charge is -2.50. The van der Waals surface area contributed by atoms with Crippen molar-refractivity contribution in [2.75, 3.05) is 19.6 Å². The van der Waals surface area contributed by atoms with Gasteiger partial charge in [0.15, 0.2) is 0 Å². The van der Waals surface area contributed by atoms with Gasteiger partial charge in [0, 0.05) is 24.7 Å². The summed E-state index contributed by atoms with van der Waals surface area (Å²) in [5.74, 6) is 1.05. The van der Waals surface area contributed by atoms with E-state index in [2.05, 4.69) is 17.1 Å². The minimum absolute atomic E-state index is 0.486. The Bertz CT molecular complexity index is 290. The molecule has 1 N–H and O–H groups in total. The van der Waals surface area contributed by atoms with Gasteiger partial charge in [0.05, 0.1) is 0 Å². The molecular weight excluding hydrogens is 244 g/mol. The van der Waals surface area contributed by atoms with Crippen LogP contribution in [0.25, 0.3) is 0 Å². The van der Waals surface area contributed by atoms with Gasteiger partial charge in [-0.1, -0.05) is 51.9 Å². The number of rotatable bonds is 4. The zero-order chi connectivity index (χ0) is 13.8. The molecule has 2 heteroatoms. The van der Waals surface area contributed by atoms with E-state index in [4.69, 9.17) is 0 Å². The molecule has 1 unspecified atom stereocenters. The number of nitrogens with one attached hydrogen (secondary N) is 1. The van der Waals surface area contributed by atoms with Crippen LogP contribution < -0.4 is 5.32 Å². The standard InChI is InChI=1S/C18H34N2/c1-2-17-14-19-18(11-6-3-7-12-18)15-20(17)13-10-16-8-4-5-9-16/h16-17,19H,2-15H2,1H3. The topological polar surface area (TPSA) is 15.3 Å². The van der Waals surface area contributed by atoms with E-state index in [-0.39, 0.29) is 0 Å². The zero-order valence-corrected chi connectivity index (χ0v) is 13.5. The Morgan fingerprint density at radius 1 is 1.05 bits per heavy atom. The van der Waals surface area contributed by atoms with Crippen LogP contribution in [0.4, 0.5) is 0 Å². The van der Waals surface area contributed by atoms with Gasteiger partial charge in [-0.15, -0.1) is 0 Å². The molecule has 1 spiro atoms. The van der Waals surface area contributed by atoms with Crippen molar-refractivity contribution in [3.05, 3.63) is 0 Å². The molecule has 1 aliphatic heterocycles. The van der Waals surface area contributed by atoms with Crippen molar-refractivity contribution in [2.45, 2.75) is 89.1 Å². The van der Waals surface area contributed by atoms with Crippen LogP contribution in [0.15, 0.2) is 0 Å². The highest BCUT2D eigenvalue weighted by Gasteiger charge is 2.39. The smallest absolute Gasteiger partial charge is 0.0309 e. The first kappa shape index (κ1) is 14.8. The monoisotopic (exact) mass is 278 g/mol. The van der Waals surface area contributed by atoms with Crippen LogP contribution in [-0.4, -0.2) is 36.1 Å². The molecule has 20 heavy (non-hydrogen) atoms. The second-order valence-corrected chi connectivity index (χ2v) is 7.69. The summed E-state index contributed by atoms with van der Waals surface area (Å²) in [6.45, 7) is 6.31. The molecule has 0 aromatic rings. The minimum Gasteiger partial charge on any atom is -0.308 e. The molecule has 3 rings (SSSR count). The minimum atomic E-state index is 0.486. The van der Waals surface area contributed by atoms with E-state index < -0.39 is 0 Å². The maximum absolute atomic E-state index is 3.95. The van der Waals surface area contributed by atoms with Crippen LogP contribution in [0, 0.1) is 5.92 Å². The molecule has 1 saturated heterocycles. The van der Waals surface area contributed by atoms with E-state index in [0.29, 0.717) is 5.54 Å². The Hall–Kier alpha value is -0.0800. The van der Waals surface area contributed by atoms with Gasteiger partial charge in [-0.2, -0.15) is 0 Å². The molecule has 2 nitrogen and oxygen atoms in total. The highest BCUT2D eigenvalue weighted by Crippen LogP contribution is 2.33. The van der Waals surface area contributed by atoms with Crippen LogP contribution in [0.5, 0.6) is 0 Å². The predicted octanol–water partition coefficient (Wildman–Crippen LogP) is 3.95. The Balaban J connectivity index is 1.56. The Morgan fingerprint density at radius 3 is 2.50 bits per heavy atom. The quantitative estimate of drug-likeness (QED) is 0.837. The average molecular weight is 278 g/mol. The third-order valence-electron chi connectivity index (χ3n) is 6.32. The Morgan fingerprint density at radius 2 is 1.80 bits per heavy atom. The zero-order valence-electron chi connectivity index (χ0n) is 13.5. The van der Waals surface area contributed by atoms with Gasteiger partial charge in [-0.3, -0.25) is 4.90 Å². The summed E-state index contributed by atoms with van der Waals surface area (Å²) >= 11 is 0. The maximum atomic E-state index is 3.95. The number of hydrogen-bond donors (Lipinski definition) is 1. The third kappa shape index (κ3) is 3.39. The van der Waals surface area contributed by atoms with Gasteiger partial charge in [-0.25, -0.2) is 0 Å². The fraction of sp³-hybridized carbons (Fsp3) is 1.00. The molecule has 2 aliphatic carbocycles. The summed E-state index contributed by atoms with van der Waals surface area (Å²) in [4.78, 5) is 2.86. The number of piperazine rings is 1. The van der Waals surface area contributed by atoms with E-state index in [9.17, 15) is 0 Å². The molecule has 1 atom stereocenters. The van der Waals surface area contributed by atoms with Crippen LogP contribution in [-0.2, 0) is 0 Å². The van der Waals surface area contributed by atoms with Crippen molar-refractivity contribution < 1.29 is 0 Å². The highest BCUT2D eigenvalue weighted by molar-refractivity contribution is 4.99. The predicted molar refractivity (Wildman–Crippen MR) is 86.0 cm³/mol. The first-order valence-corrected chi connectivity index (χ1v) is 9.30. The van der Waals surface area contributed by atoms with E-state index in [1.165, 1.54) is 90.3 Å². The number of hydrogen-bond acceptors (Lipinski definition) is 2. The van der Waals surface area contributed by atoms with Crippen LogP contribution >= 0.6 is 0 Å². The fourth-order valence-corrected chi connectivity index (χ4v) is 4.91. The maximum Gasteiger partial charge on any atom is 0.0309 e. The van der Waals surface area contributed by atoms with Crippen LogP contribution in [0.3, 0.4) is 0 Å². The molecule has 116 valence electrons. The molecule has 0 aromatic heterocycles. The summed E-state index contributed by atoms with van der Waals surface area (Å²) < 4.78 is 0. The molecule has 0 amide bonds. The Labute approximate surface area is 125 Å². The van der Waals surface area contributed by atoms with Gasteiger partial charge in [0.2, 0.25) is 0 Å². The summed E-state index contributed by atoms with van der Waals surface area (Å²) in [6, 6.07) is 0.795. The molecule has 2 saturated carbocycles. The normalized spacial score (nSPS) is 31.9. The van der Waals surface area contributed by atoms with Crippen molar-refractivity contribution in [2.24, 2.45) is 5.92 Å². The van der Waals surface area contributed by atoms with Crippen molar-refractivity contribution in [1.82, 2.24) is 10.2 Å². The van der Waals surface area contributed by atoms with Crippen LogP contribution in [0.1, 0.15) is 77.6 Å². The van der Waals surface area contributed by atoms with Gasteiger partial charge in [0.1, 0.15) is 0 Å². The SMILES string of the molecule is CCC1CNC2(CCCCC2)CN1CCC1CCCC1. The largest absolute Gasteiger partial charge is 0.308 e. The highest BCUT2D eigenvalue weighted by atomic mass is 15.3. The molecule has 3 aliphatic rings. The second kappa shape index (κ2) is 6.79. The van der Waals surface area contributed by atoms with E-state index in [0.717, 1.165) is 12.0 Å². The van der Waals surface area contributed by atoms with Crippen molar-refractivity contribution in [1.29, 1.82) is 0 Å². The van der Waals surface area contributed by atoms with Gasteiger partial charge in [0.25, 0.3) is 0 Å². The average Bonchev–Trinajstić information content (AvgIpc) is 2.99. The Kier molecular flexibility index (Phi) is 5.04. The van der Waals surface area contributed by atoms with Crippen molar-refractivity contribution in [3.8, 4) is 0 Å². The summed E-state index contributed by atoms with van der Waals surface area (Å²) in [7, 11) is 0. The first-order chi connectivity index (χ1) is 9.81. The van der Waals surface area contributed by atoms with Crippen molar-refractivity contribution in [3.63, 3.8) is 0 Å².